The minimum Gasteiger partial charge on any atom is -0.366 e. The normalized spacial score (nSPS) is 23.1. The van der Waals surface area contributed by atoms with Crippen LogP contribution < -0.4 is 5.73 Å². The molecule has 5 heteroatoms. The van der Waals surface area contributed by atoms with Gasteiger partial charge in [-0.25, -0.2) is 0 Å². The number of primary amides is 1. The first-order valence-electron chi connectivity index (χ1n) is 7.39. The number of rotatable bonds is 3. The molecule has 1 fully saturated rings. The molecule has 0 bridgehead atoms. The number of likely N-dealkylation sites (N-methyl/N-ethyl adjacent to an activating group) is 1. The van der Waals surface area contributed by atoms with Gasteiger partial charge in [0.1, 0.15) is 0 Å². The van der Waals surface area contributed by atoms with Crippen LogP contribution in [0.3, 0.4) is 0 Å². The summed E-state index contributed by atoms with van der Waals surface area (Å²) in [7, 11) is 0. The number of carbonyl (C=O) groups excluding carboxylic acids is 2. The van der Waals surface area contributed by atoms with E-state index in [-0.39, 0.29) is 18.0 Å². The van der Waals surface area contributed by atoms with Crippen molar-refractivity contribution in [2.75, 3.05) is 19.6 Å². The van der Waals surface area contributed by atoms with E-state index in [9.17, 15) is 9.59 Å². The number of amides is 2. The predicted octanol–water partition coefficient (Wildman–Crippen LogP) is 1.34. The molecular formula is C16H23N3O2. The highest BCUT2D eigenvalue weighted by Gasteiger charge is 2.32. The van der Waals surface area contributed by atoms with Gasteiger partial charge in [-0.3, -0.25) is 14.5 Å². The Morgan fingerprint density at radius 3 is 2.00 bits per heavy atom. The average molecular weight is 289 g/mol. The largest absolute Gasteiger partial charge is 0.366 e. The second-order valence-electron chi connectivity index (χ2n) is 5.70. The van der Waals surface area contributed by atoms with Crippen molar-refractivity contribution < 1.29 is 9.59 Å². The van der Waals surface area contributed by atoms with Crippen molar-refractivity contribution in [1.82, 2.24) is 9.80 Å². The zero-order valence-electron chi connectivity index (χ0n) is 12.9. The number of carbonyl (C=O) groups is 2. The molecule has 1 aromatic rings. The second kappa shape index (κ2) is 6.26. The molecule has 2 N–H and O–H groups in total. The molecule has 114 valence electrons. The Balaban J connectivity index is 2.17. The lowest BCUT2D eigenvalue weighted by atomic mass is 10.0. The molecule has 1 saturated heterocycles. The van der Waals surface area contributed by atoms with Crippen LogP contribution in [-0.4, -0.2) is 53.3 Å². The van der Waals surface area contributed by atoms with E-state index in [0.29, 0.717) is 11.1 Å². The van der Waals surface area contributed by atoms with Crippen molar-refractivity contribution in [2.24, 2.45) is 5.73 Å². The van der Waals surface area contributed by atoms with Gasteiger partial charge in [-0.1, -0.05) is 6.92 Å². The molecule has 2 amide bonds. The standard InChI is InChI=1S/C16H23N3O2/c1-4-18-9-11(2)19(12(3)10-18)16(21)14-7-5-13(6-8-14)15(17)20/h5-8,11-12H,4,9-10H2,1-3H3,(H2,17,20). The number of nitrogens with two attached hydrogens (primary N) is 1. The Hall–Kier alpha value is -1.88. The quantitative estimate of drug-likeness (QED) is 0.913. The molecule has 5 nitrogen and oxygen atoms in total. The third-order valence-electron chi connectivity index (χ3n) is 4.09. The Labute approximate surface area is 125 Å². The van der Waals surface area contributed by atoms with E-state index in [4.69, 9.17) is 5.73 Å². The van der Waals surface area contributed by atoms with Crippen LogP contribution >= 0.6 is 0 Å². The molecule has 0 aromatic heterocycles. The van der Waals surface area contributed by atoms with Gasteiger partial charge < -0.3 is 10.6 Å². The lowest BCUT2D eigenvalue weighted by Crippen LogP contribution is -2.58. The molecule has 21 heavy (non-hydrogen) atoms. The second-order valence-corrected chi connectivity index (χ2v) is 5.70. The van der Waals surface area contributed by atoms with Gasteiger partial charge in [0, 0.05) is 36.3 Å². The summed E-state index contributed by atoms with van der Waals surface area (Å²) in [5.41, 5.74) is 6.24. The van der Waals surface area contributed by atoms with E-state index in [2.05, 4.69) is 25.7 Å². The third-order valence-corrected chi connectivity index (χ3v) is 4.09. The Morgan fingerprint density at radius 1 is 1.10 bits per heavy atom. The van der Waals surface area contributed by atoms with Crippen LogP contribution in [-0.2, 0) is 0 Å². The van der Waals surface area contributed by atoms with Gasteiger partial charge in [0.15, 0.2) is 0 Å². The number of piperazine rings is 1. The molecule has 2 atom stereocenters. The molecule has 0 saturated carbocycles. The molecular weight excluding hydrogens is 266 g/mol. The highest BCUT2D eigenvalue weighted by Crippen LogP contribution is 2.19. The molecule has 0 aliphatic carbocycles. The topological polar surface area (TPSA) is 66.6 Å². The first kappa shape index (κ1) is 15.5. The van der Waals surface area contributed by atoms with E-state index in [1.54, 1.807) is 24.3 Å². The number of nitrogens with zero attached hydrogens (tertiary/aromatic N) is 2. The van der Waals surface area contributed by atoms with Crippen LogP contribution in [0.15, 0.2) is 24.3 Å². The fourth-order valence-electron chi connectivity index (χ4n) is 3.02. The van der Waals surface area contributed by atoms with Gasteiger partial charge in [-0.15, -0.1) is 0 Å². The van der Waals surface area contributed by atoms with Crippen molar-refractivity contribution in [1.29, 1.82) is 0 Å². The number of hydrogen-bond donors (Lipinski definition) is 1. The monoisotopic (exact) mass is 289 g/mol. The molecule has 1 aliphatic heterocycles. The zero-order valence-corrected chi connectivity index (χ0v) is 12.9. The predicted molar refractivity (Wildman–Crippen MR) is 82.2 cm³/mol. The number of hydrogen-bond acceptors (Lipinski definition) is 3. The van der Waals surface area contributed by atoms with Crippen LogP contribution in [0.2, 0.25) is 0 Å². The van der Waals surface area contributed by atoms with E-state index in [0.717, 1.165) is 19.6 Å². The SMILES string of the molecule is CCN1CC(C)N(C(=O)c2ccc(C(N)=O)cc2)C(C)C1. The molecule has 2 rings (SSSR count). The van der Waals surface area contributed by atoms with Crippen LogP contribution in [0.25, 0.3) is 0 Å². The van der Waals surface area contributed by atoms with Crippen molar-refractivity contribution in [2.45, 2.75) is 32.9 Å². The fourth-order valence-corrected chi connectivity index (χ4v) is 3.02. The summed E-state index contributed by atoms with van der Waals surface area (Å²) in [4.78, 5) is 28.1. The average Bonchev–Trinajstić information content (AvgIpc) is 2.46. The first-order valence-corrected chi connectivity index (χ1v) is 7.39. The summed E-state index contributed by atoms with van der Waals surface area (Å²) in [5.74, 6) is -0.464. The van der Waals surface area contributed by atoms with Gasteiger partial charge in [-0.05, 0) is 44.7 Å². The molecule has 1 heterocycles. The van der Waals surface area contributed by atoms with E-state index in [1.807, 2.05) is 4.90 Å². The Morgan fingerprint density at radius 2 is 1.57 bits per heavy atom. The minimum absolute atomic E-state index is 0.0155. The van der Waals surface area contributed by atoms with Crippen molar-refractivity contribution in [3.05, 3.63) is 35.4 Å². The maximum absolute atomic E-state index is 12.7. The molecule has 0 radical (unpaired) electrons. The smallest absolute Gasteiger partial charge is 0.254 e. The van der Waals surface area contributed by atoms with Crippen molar-refractivity contribution in [3.63, 3.8) is 0 Å². The summed E-state index contributed by atoms with van der Waals surface area (Å²) < 4.78 is 0. The van der Waals surface area contributed by atoms with Crippen LogP contribution in [0.5, 0.6) is 0 Å². The molecule has 2 unspecified atom stereocenters. The van der Waals surface area contributed by atoms with Crippen LogP contribution in [0.4, 0.5) is 0 Å². The summed E-state index contributed by atoms with van der Waals surface area (Å²) in [5, 5.41) is 0. The summed E-state index contributed by atoms with van der Waals surface area (Å²) in [6, 6.07) is 6.91. The van der Waals surface area contributed by atoms with E-state index in [1.165, 1.54) is 0 Å². The summed E-state index contributed by atoms with van der Waals surface area (Å²) in [6.45, 7) is 9.09. The van der Waals surface area contributed by atoms with E-state index >= 15 is 0 Å². The minimum atomic E-state index is -0.479. The van der Waals surface area contributed by atoms with Gasteiger partial charge in [0.05, 0.1) is 0 Å². The summed E-state index contributed by atoms with van der Waals surface area (Å²) in [6.07, 6.45) is 0. The zero-order chi connectivity index (χ0) is 15.6. The van der Waals surface area contributed by atoms with Crippen molar-refractivity contribution >= 4 is 11.8 Å². The maximum Gasteiger partial charge on any atom is 0.254 e. The summed E-state index contributed by atoms with van der Waals surface area (Å²) >= 11 is 0. The Kier molecular flexibility index (Phi) is 4.63. The number of benzene rings is 1. The highest BCUT2D eigenvalue weighted by molar-refractivity contribution is 5.97. The highest BCUT2D eigenvalue weighted by atomic mass is 16.2. The van der Waals surface area contributed by atoms with E-state index < -0.39 is 5.91 Å². The van der Waals surface area contributed by atoms with Gasteiger partial charge in [0.25, 0.3) is 5.91 Å². The molecule has 0 spiro atoms. The lowest BCUT2D eigenvalue weighted by Gasteiger charge is -2.44. The fraction of sp³-hybridized carbons (Fsp3) is 0.500. The van der Waals surface area contributed by atoms with Gasteiger partial charge in [-0.2, -0.15) is 0 Å². The molecule has 1 aliphatic rings. The lowest BCUT2D eigenvalue weighted by molar-refractivity contribution is 0.0302. The third kappa shape index (κ3) is 3.24. The van der Waals surface area contributed by atoms with Gasteiger partial charge >= 0.3 is 0 Å². The van der Waals surface area contributed by atoms with Gasteiger partial charge in [0.2, 0.25) is 5.91 Å². The maximum atomic E-state index is 12.7. The van der Waals surface area contributed by atoms with Crippen molar-refractivity contribution in [3.8, 4) is 0 Å². The van der Waals surface area contributed by atoms with Crippen LogP contribution in [0, 0.1) is 0 Å². The Bertz CT molecular complexity index is 515. The van der Waals surface area contributed by atoms with Crippen LogP contribution in [0.1, 0.15) is 41.5 Å². The first-order chi connectivity index (χ1) is 9.93. The molecule has 1 aromatic carbocycles.